The summed E-state index contributed by atoms with van der Waals surface area (Å²) in [6.07, 6.45) is 5.58. The number of H-pyrrole nitrogens is 1. The zero-order chi connectivity index (χ0) is 21.4. The third kappa shape index (κ3) is 3.41. The van der Waals surface area contributed by atoms with Crippen molar-refractivity contribution in [2.45, 2.75) is 26.3 Å². The van der Waals surface area contributed by atoms with Crippen molar-refractivity contribution in [3.8, 4) is 5.69 Å². The van der Waals surface area contributed by atoms with Crippen molar-refractivity contribution in [2.24, 2.45) is 0 Å². The highest BCUT2D eigenvalue weighted by atomic mass is 16.6. The normalized spacial score (nSPS) is 12.2. The summed E-state index contributed by atoms with van der Waals surface area (Å²) >= 11 is 0. The molecule has 9 nitrogen and oxygen atoms in total. The molecular weight excluding hydrogens is 386 g/mol. The van der Waals surface area contributed by atoms with E-state index in [4.69, 9.17) is 0 Å². The molecule has 1 N–H and O–H groups in total. The van der Waals surface area contributed by atoms with Gasteiger partial charge < -0.3 is 9.55 Å². The van der Waals surface area contributed by atoms with Crippen LogP contribution in [-0.4, -0.2) is 24.0 Å². The Morgan fingerprint density at radius 1 is 1.20 bits per heavy atom. The lowest BCUT2D eigenvalue weighted by Crippen LogP contribution is -2.38. The van der Waals surface area contributed by atoms with Crippen LogP contribution in [0.2, 0.25) is 0 Å². The minimum Gasteiger partial charge on any atom is -0.316 e. The topological polar surface area (TPSA) is 116 Å². The summed E-state index contributed by atoms with van der Waals surface area (Å²) in [5, 5.41) is 10.9. The Morgan fingerprint density at radius 3 is 2.57 bits per heavy atom. The predicted molar refractivity (Wildman–Crippen MR) is 112 cm³/mol. The van der Waals surface area contributed by atoms with Gasteiger partial charge in [-0.25, -0.2) is 4.98 Å². The molecule has 2 aromatic heterocycles. The second-order valence-corrected chi connectivity index (χ2v) is 7.23. The maximum absolute atomic E-state index is 12.8. The highest BCUT2D eigenvalue weighted by Gasteiger charge is 2.17. The van der Waals surface area contributed by atoms with Crippen molar-refractivity contribution in [1.29, 1.82) is 0 Å². The first-order chi connectivity index (χ1) is 14.3. The van der Waals surface area contributed by atoms with E-state index in [2.05, 4.69) is 9.97 Å². The molecule has 0 bridgehead atoms. The number of nitro groups is 1. The summed E-state index contributed by atoms with van der Waals surface area (Å²) < 4.78 is 3.32. The predicted octanol–water partition coefficient (Wildman–Crippen LogP) is 2.90. The van der Waals surface area contributed by atoms with Crippen molar-refractivity contribution in [1.82, 2.24) is 19.1 Å². The maximum Gasteiger partial charge on any atom is 0.316 e. The van der Waals surface area contributed by atoms with Crippen molar-refractivity contribution < 1.29 is 4.92 Å². The summed E-state index contributed by atoms with van der Waals surface area (Å²) in [5.41, 5.74) is 2.44. The van der Waals surface area contributed by atoms with Gasteiger partial charge in [-0.15, -0.1) is 0 Å². The number of rotatable bonds is 5. The summed E-state index contributed by atoms with van der Waals surface area (Å²) in [6, 6.07) is 9.53. The number of benzene rings is 2. The number of fused-ring (bicyclic) bond motifs is 1. The van der Waals surface area contributed by atoms with Gasteiger partial charge in [0.2, 0.25) is 0 Å². The molecule has 0 saturated heterocycles. The minimum absolute atomic E-state index is 0.00521. The molecule has 152 valence electrons. The van der Waals surface area contributed by atoms with Crippen LogP contribution in [0.3, 0.4) is 0 Å². The number of nitrogens with one attached hydrogen (secondary N) is 1. The van der Waals surface area contributed by atoms with E-state index in [-0.39, 0.29) is 11.7 Å². The number of hydrogen-bond donors (Lipinski definition) is 1. The molecule has 1 unspecified atom stereocenters. The Hall–Kier alpha value is -4.01. The zero-order valence-electron chi connectivity index (χ0n) is 16.4. The number of aromatic nitrogens is 4. The quantitative estimate of drug-likeness (QED) is 0.311. The minimum atomic E-state index is -0.687. The van der Waals surface area contributed by atoms with Gasteiger partial charge in [0.15, 0.2) is 0 Å². The molecule has 0 saturated carbocycles. The summed E-state index contributed by atoms with van der Waals surface area (Å²) in [7, 11) is 0. The van der Waals surface area contributed by atoms with E-state index in [1.165, 1.54) is 16.7 Å². The van der Waals surface area contributed by atoms with Crippen LogP contribution in [-0.2, 0) is 6.42 Å². The molecule has 4 rings (SSSR count). The Balaban J connectivity index is 1.83. The van der Waals surface area contributed by atoms with Gasteiger partial charge in [-0.05, 0) is 43.5 Å². The number of non-ortho nitro benzene ring substituents is 1. The molecule has 4 aromatic rings. The number of imidazole rings is 1. The third-order valence-corrected chi connectivity index (χ3v) is 5.14. The lowest BCUT2D eigenvalue weighted by molar-refractivity contribution is -0.384. The van der Waals surface area contributed by atoms with Crippen LogP contribution in [0.5, 0.6) is 0 Å². The first-order valence-corrected chi connectivity index (χ1v) is 9.36. The van der Waals surface area contributed by atoms with E-state index in [1.54, 1.807) is 24.7 Å². The van der Waals surface area contributed by atoms with Crippen LogP contribution in [0.4, 0.5) is 5.69 Å². The lowest BCUT2D eigenvalue weighted by Gasteiger charge is -2.19. The Morgan fingerprint density at radius 2 is 1.93 bits per heavy atom. The molecule has 0 amide bonds. The molecule has 0 spiro atoms. The van der Waals surface area contributed by atoms with E-state index < -0.39 is 16.0 Å². The van der Waals surface area contributed by atoms with Crippen LogP contribution < -0.4 is 11.1 Å². The molecule has 0 aliphatic rings. The molecule has 9 heteroatoms. The largest absolute Gasteiger partial charge is 0.316 e. The molecule has 2 heterocycles. The maximum atomic E-state index is 12.8. The van der Waals surface area contributed by atoms with Gasteiger partial charge in [0.25, 0.3) is 5.69 Å². The number of nitrogens with zero attached hydrogens (tertiary/aromatic N) is 4. The molecule has 2 aromatic carbocycles. The fourth-order valence-electron chi connectivity index (χ4n) is 3.68. The van der Waals surface area contributed by atoms with Gasteiger partial charge in [-0.1, -0.05) is 12.1 Å². The molecule has 0 radical (unpaired) electrons. The van der Waals surface area contributed by atoms with Crippen molar-refractivity contribution in [3.05, 3.63) is 97.1 Å². The first-order valence-electron chi connectivity index (χ1n) is 9.36. The van der Waals surface area contributed by atoms with Crippen LogP contribution >= 0.6 is 0 Å². The highest BCUT2D eigenvalue weighted by molar-refractivity contribution is 5.79. The van der Waals surface area contributed by atoms with E-state index in [1.807, 2.05) is 36.7 Å². The second-order valence-electron chi connectivity index (χ2n) is 7.23. The molecule has 0 aliphatic heterocycles. The van der Waals surface area contributed by atoms with Gasteiger partial charge in [-0.2, -0.15) is 0 Å². The van der Waals surface area contributed by atoms with Crippen LogP contribution in [0.25, 0.3) is 16.7 Å². The Labute approximate surface area is 170 Å². The Kier molecular flexibility index (Phi) is 4.78. The summed E-state index contributed by atoms with van der Waals surface area (Å²) in [6.45, 7) is 3.77. The molecular formula is C21H19N5O4. The lowest BCUT2D eigenvalue weighted by atomic mass is 10.1. The summed E-state index contributed by atoms with van der Waals surface area (Å²) in [4.78, 5) is 42.2. The highest BCUT2D eigenvalue weighted by Crippen LogP contribution is 2.24. The van der Waals surface area contributed by atoms with Crippen molar-refractivity contribution >= 4 is 16.7 Å². The molecule has 0 fully saturated rings. The van der Waals surface area contributed by atoms with E-state index in [0.717, 1.165) is 16.8 Å². The number of aryl methyl sites for hydroxylation is 1. The SMILES string of the molecule is Cc1cc2[nH]c(=O)c(=O)n(C(C)Cc3ccc([N+](=O)[O-])cc3)c2cc1-n1ccnc1. The average Bonchev–Trinajstić information content (AvgIpc) is 3.23. The van der Waals surface area contributed by atoms with Gasteiger partial charge in [0, 0.05) is 30.6 Å². The van der Waals surface area contributed by atoms with Crippen LogP contribution in [0, 0.1) is 17.0 Å². The molecule has 30 heavy (non-hydrogen) atoms. The second kappa shape index (κ2) is 7.43. The fourth-order valence-corrected chi connectivity index (χ4v) is 3.68. The van der Waals surface area contributed by atoms with Crippen molar-refractivity contribution in [3.63, 3.8) is 0 Å². The van der Waals surface area contributed by atoms with E-state index >= 15 is 0 Å². The standard InChI is InChI=1S/C21H19N5O4/c1-13-9-17-19(11-18(13)24-8-7-22-12-24)25(21(28)20(27)23-17)14(2)10-15-3-5-16(6-4-15)26(29)30/h3-9,11-12,14H,10H2,1-2H3,(H,23,27). The smallest absolute Gasteiger partial charge is 0.316 e. The monoisotopic (exact) mass is 405 g/mol. The van der Waals surface area contributed by atoms with E-state index in [0.29, 0.717) is 17.5 Å². The Bertz CT molecular complexity index is 1350. The zero-order valence-corrected chi connectivity index (χ0v) is 16.4. The summed E-state index contributed by atoms with van der Waals surface area (Å²) in [5.74, 6) is 0. The number of nitro benzene ring substituents is 1. The number of aromatic amines is 1. The van der Waals surface area contributed by atoms with Crippen LogP contribution in [0.1, 0.15) is 24.1 Å². The van der Waals surface area contributed by atoms with Crippen LogP contribution in [0.15, 0.2) is 64.7 Å². The van der Waals surface area contributed by atoms with Gasteiger partial charge in [-0.3, -0.25) is 24.3 Å². The van der Waals surface area contributed by atoms with E-state index in [9.17, 15) is 19.7 Å². The first kappa shape index (κ1) is 19.3. The number of hydrogen-bond acceptors (Lipinski definition) is 5. The third-order valence-electron chi connectivity index (χ3n) is 5.14. The van der Waals surface area contributed by atoms with Gasteiger partial charge >= 0.3 is 11.1 Å². The van der Waals surface area contributed by atoms with Crippen molar-refractivity contribution in [2.75, 3.05) is 0 Å². The van der Waals surface area contributed by atoms with Gasteiger partial charge in [0.05, 0.1) is 28.0 Å². The molecule has 1 atom stereocenters. The molecule has 0 aliphatic carbocycles. The average molecular weight is 405 g/mol. The fraction of sp³-hybridized carbons (Fsp3) is 0.190. The van der Waals surface area contributed by atoms with Gasteiger partial charge in [0.1, 0.15) is 0 Å².